The molecule has 2 aromatic carbocycles. The Bertz CT molecular complexity index is 1210. The molecular weight excluding hydrogens is 408 g/mol. The van der Waals surface area contributed by atoms with Gasteiger partial charge >= 0.3 is 0 Å². The van der Waals surface area contributed by atoms with E-state index in [9.17, 15) is 4.79 Å². The van der Waals surface area contributed by atoms with Gasteiger partial charge in [-0.05, 0) is 37.1 Å². The Labute approximate surface area is 185 Å². The molecule has 7 heteroatoms. The molecular formula is C24H24N4O2S. The maximum absolute atomic E-state index is 13.1. The summed E-state index contributed by atoms with van der Waals surface area (Å²) in [7, 11) is 3.54. The number of thiazole rings is 1. The lowest BCUT2D eigenvalue weighted by Crippen LogP contribution is -2.31. The fourth-order valence-corrected chi connectivity index (χ4v) is 4.40. The second kappa shape index (κ2) is 8.73. The van der Waals surface area contributed by atoms with E-state index in [-0.39, 0.29) is 5.91 Å². The number of hydrogen-bond acceptors (Lipinski definition) is 5. The van der Waals surface area contributed by atoms with Gasteiger partial charge in [0.25, 0.3) is 5.91 Å². The topological polar surface area (TPSA) is 69.0 Å². The summed E-state index contributed by atoms with van der Waals surface area (Å²) in [6, 6.07) is 13.4. The number of aryl methyl sites for hydroxylation is 3. The molecule has 2 aromatic heterocycles. The number of amides is 1. The van der Waals surface area contributed by atoms with E-state index >= 15 is 0 Å². The molecule has 0 saturated heterocycles. The number of carbonyl (C=O) groups excluding carboxylic acids is 1. The molecule has 1 unspecified atom stereocenters. The van der Waals surface area contributed by atoms with Gasteiger partial charge < -0.3 is 14.6 Å². The fourth-order valence-electron chi connectivity index (χ4n) is 3.51. The second-order valence-electron chi connectivity index (χ2n) is 7.43. The van der Waals surface area contributed by atoms with E-state index in [0.717, 1.165) is 33.3 Å². The number of benzene rings is 2. The molecule has 31 heavy (non-hydrogen) atoms. The zero-order valence-electron chi connectivity index (χ0n) is 17.9. The van der Waals surface area contributed by atoms with Crippen molar-refractivity contribution in [2.45, 2.75) is 19.9 Å². The van der Waals surface area contributed by atoms with Crippen molar-refractivity contribution in [2.75, 3.05) is 7.11 Å². The molecule has 0 radical (unpaired) electrons. The summed E-state index contributed by atoms with van der Waals surface area (Å²) in [4.78, 5) is 22.2. The molecule has 0 aliphatic heterocycles. The number of rotatable bonds is 6. The first-order valence-electron chi connectivity index (χ1n) is 9.91. The Morgan fingerprint density at radius 3 is 2.58 bits per heavy atom. The monoisotopic (exact) mass is 432 g/mol. The molecule has 1 amide bonds. The normalized spacial score (nSPS) is 11.9. The van der Waals surface area contributed by atoms with Crippen LogP contribution in [-0.4, -0.2) is 27.6 Å². The minimum Gasteiger partial charge on any atom is -0.497 e. The number of nitrogens with one attached hydrogen (secondary N) is 1. The van der Waals surface area contributed by atoms with Crippen LogP contribution in [0, 0.1) is 13.8 Å². The van der Waals surface area contributed by atoms with E-state index in [0.29, 0.717) is 5.69 Å². The van der Waals surface area contributed by atoms with Crippen LogP contribution in [-0.2, 0) is 7.05 Å². The molecule has 0 saturated carbocycles. The maximum atomic E-state index is 13.1. The summed E-state index contributed by atoms with van der Waals surface area (Å²) >= 11 is 1.47. The van der Waals surface area contributed by atoms with E-state index in [4.69, 9.17) is 4.74 Å². The van der Waals surface area contributed by atoms with E-state index in [1.807, 2.05) is 42.1 Å². The van der Waals surface area contributed by atoms with Crippen LogP contribution in [0.25, 0.3) is 10.6 Å². The minimum atomic E-state index is -0.412. The summed E-state index contributed by atoms with van der Waals surface area (Å²) in [5.41, 5.74) is 4.70. The predicted octanol–water partition coefficient (Wildman–Crippen LogP) is 4.69. The summed E-state index contributed by atoms with van der Waals surface area (Å²) < 4.78 is 7.16. The van der Waals surface area contributed by atoms with Crippen LogP contribution >= 0.6 is 11.3 Å². The number of hydrogen-bond donors (Lipinski definition) is 1. The van der Waals surface area contributed by atoms with Gasteiger partial charge in [0.1, 0.15) is 28.3 Å². The zero-order chi connectivity index (χ0) is 22.0. The van der Waals surface area contributed by atoms with Crippen molar-refractivity contribution in [3.8, 4) is 16.3 Å². The first-order chi connectivity index (χ1) is 15.0. The third-order valence-electron chi connectivity index (χ3n) is 5.19. The lowest BCUT2D eigenvalue weighted by Gasteiger charge is -2.19. The van der Waals surface area contributed by atoms with Crippen molar-refractivity contribution in [1.29, 1.82) is 0 Å². The number of carbonyl (C=O) groups is 1. The minimum absolute atomic E-state index is 0.240. The number of ether oxygens (including phenoxy) is 1. The van der Waals surface area contributed by atoms with Crippen LogP contribution in [0.4, 0.5) is 0 Å². The quantitative estimate of drug-likeness (QED) is 0.480. The zero-order valence-corrected chi connectivity index (χ0v) is 18.7. The molecule has 0 fully saturated rings. The highest BCUT2D eigenvalue weighted by Gasteiger charge is 2.23. The average molecular weight is 433 g/mol. The van der Waals surface area contributed by atoms with Crippen LogP contribution in [0.15, 0.2) is 60.2 Å². The van der Waals surface area contributed by atoms with Crippen molar-refractivity contribution < 1.29 is 9.53 Å². The lowest BCUT2D eigenvalue weighted by molar-refractivity contribution is 0.0937. The summed E-state index contributed by atoms with van der Waals surface area (Å²) in [6.45, 7) is 4.12. The van der Waals surface area contributed by atoms with E-state index in [1.165, 1.54) is 16.9 Å². The highest BCUT2D eigenvalue weighted by molar-refractivity contribution is 7.13. The van der Waals surface area contributed by atoms with Gasteiger partial charge in [-0.2, -0.15) is 0 Å². The largest absolute Gasteiger partial charge is 0.497 e. The SMILES string of the molecule is COc1ccc(C(NC(=O)c2csc(-c3ccc(C)cc3C)n2)c2nccn2C)cc1. The molecule has 0 spiro atoms. The fraction of sp³-hybridized carbons (Fsp3) is 0.208. The predicted molar refractivity (Wildman–Crippen MR) is 123 cm³/mol. The van der Waals surface area contributed by atoms with E-state index in [2.05, 4.69) is 47.3 Å². The molecule has 0 bridgehead atoms. The number of nitrogens with zero attached hydrogens (tertiary/aromatic N) is 3. The van der Waals surface area contributed by atoms with Gasteiger partial charge in [-0.3, -0.25) is 4.79 Å². The van der Waals surface area contributed by atoms with Crippen molar-refractivity contribution in [2.24, 2.45) is 7.05 Å². The third kappa shape index (κ3) is 4.36. The van der Waals surface area contributed by atoms with Crippen LogP contribution in [0.2, 0.25) is 0 Å². The van der Waals surface area contributed by atoms with Crippen LogP contribution in [0.1, 0.15) is 39.0 Å². The molecule has 1 N–H and O–H groups in total. The number of imidazole rings is 1. The molecule has 6 nitrogen and oxygen atoms in total. The van der Waals surface area contributed by atoms with Gasteiger partial charge in [0, 0.05) is 30.4 Å². The Morgan fingerprint density at radius 2 is 1.94 bits per heavy atom. The summed E-state index contributed by atoms with van der Waals surface area (Å²) in [5, 5.41) is 5.73. The Hall–Kier alpha value is -3.45. The first kappa shape index (κ1) is 20.8. The van der Waals surface area contributed by atoms with Gasteiger partial charge in [0.2, 0.25) is 0 Å². The standard InChI is InChI=1S/C24H24N4O2S/c1-15-5-10-19(16(2)13-15)24-26-20(14-31-24)23(29)27-21(22-25-11-12-28(22)3)17-6-8-18(30-4)9-7-17/h5-14,21H,1-4H3,(H,27,29). The molecule has 0 aliphatic carbocycles. The van der Waals surface area contributed by atoms with Crippen molar-refractivity contribution >= 4 is 17.2 Å². The van der Waals surface area contributed by atoms with Crippen LogP contribution in [0.3, 0.4) is 0 Å². The van der Waals surface area contributed by atoms with Gasteiger partial charge in [-0.15, -0.1) is 11.3 Å². The highest BCUT2D eigenvalue weighted by Crippen LogP contribution is 2.28. The first-order valence-corrected chi connectivity index (χ1v) is 10.8. The molecule has 4 aromatic rings. The Balaban J connectivity index is 1.62. The number of aromatic nitrogens is 3. The average Bonchev–Trinajstić information content (AvgIpc) is 3.41. The second-order valence-corrected chi connectivity index (χ2v) is 8.29. The van der Waals surface area contributed by atoms with Gasteiger partial charge in [-0.1, -0.05) is 35.9 Å². The summed E-state index contributed by atoms with van der Waals surface area (Å²) in [5.74, 6) is 1.26. The molecule has 0 aliphatic rings. The maximum Gasteiger partial charge on any atom is 0.271 e. The molecule has 1 atom stereocenters. The van der Waals surface area contributed by atoms with E-state index in [1.54, 1.807) is 18.7 Å². The lowest BCUT2D eigenvalue weighted by atomic mass is 10.1. The van der Waals surface area contributed by atoms with Gasteiger partial charge in [0.05, 0.1) is 7.11 Å². The van der Waals surface area contributed by atoms with Crippen molar-refractivity contribution in [1.82, 2.24) is 19.9 Å². The van der Waals surface area contributed by atoms with Crippen LogP contribution in [0.5, 0.6) is 5.75 Å². The Morgan fingerprint density at radius 1 is 1.16 bits per heavy atom. The third-order valence-corrected chi connectivity index (χ3v) is 6.07. The summed E-state index contributed by atoms with van der Waals surface area (Å²) in [6.07, 6.45) is 3.58. The smallest absolute Gasteiger partial charge is 0.271 e. The molecule has 2 heterocycles. The van der Waals surface area contributed by atoms with Crippen molar-refractivity contribution in [3.63, 3.8) is 0 Å². The van der Waals surface area contributed by atoms with Crippen molar-refractivity contribution in [3.05, 3.63) is 88.4 Å². The molecule has 158 valence electrons. The van der Waals surface area contributed by atoms with Crippen LogP contribution < -0.4 is 10.1 Å². The van der Waals surface area contributed by atoms with Gasteiger partial charge in [-0.25, -0.2) is 9.97 Å². The van der Waals surface area contributed by atoms with E-state index < -0.39 is 6.04 Å². The highest BCUT2D eigenvalue weighted by atomic mass is 32.1. The molecule has 4 rings (SSSR count). The number of methoxy groups -OCH3 is 1. The van der Waals surface area contributed by atoms with Gasteiger partial charge in [0.15, 0.2) is 0 Å². The Kier molecular flexibility index (Phi) is 5.86.